The molecule has 0 atom stereocenters. The summed E-state index contributed by atoms with van der Waals surface area (Å²) in [7, 11) is 1.62. The quantitative estimate of drug-likeness (QED) is 0.905. The molecular weight excluding hydrogens is 340 g/mol. The van der Waals surface area contributed by atoms with Crippen LogP contribution < -0.4 is 4.74 Å². The molecule has 4 rings (SSSR count). The van der Waals surface area contributed by atoms with Crippen molar-refractivity contribution in [2.45, 2.75) is 38.6 Å². The number of amides is 1. The molecule has 1 fully saturated rings. The van der Waals surface area contributed by atoms with Gasteiger partial charge in [-0.15, -0.1) is 0 Å². The number of aromatic nitrogens is 2. The highest BCUT2D eigenvalue weighted by atomic mass is 16.5. The maximum absolute atomic E-state index is 13.2. The number of nitrogens with one attached hydrogen (secondary N) is 1. The van der Waals surface area contributed by atoms with E-state index in [1.54, 1.807) is 7.11 Å². The van der Waals surface area contributed by atoms with Gasteiger partial charge in [0.25, 0.3) is 5.91 Å². The number of benzene rings is 1. The summed E-state index contributed by atoms with van der Waals surface area (Å²) in [5.74, 6) is 0.708. The molecule has 3 heterocycles. The van der Waals surface area contributed by atoms with Crippen LogP contribution in [0.25, 0.3) is 0 Å². The number of ether oxygens (including phenoxy) is 1. The van der Waals surface area contributed by atoms with E-state index in [-0.39, 0.29) is 11.4 Å². The van der Waals surface area contributed by atoms with E-state index in [9.17, 15) is 4.79 Å². The summed E-state index contributed by atoms with van der Waals surface area (Å²) in [4.78, 5) is 25.7. The Morgan fingerprint density at radius 3 is 2.78 bits per heavy atom. The Labute approximate surface area is 160 Å². The molecule has 1 saturated heterocycles. The molecule has 1 aromatic carbocycles. The lowest BCUT2D eigenvalue weighted by Gasteiger charge is -2.50. The van der Waals surface area contributed by atoms with Gasteiger partial charge < -0.3 is 14.6 Å². The van der Waals surface area contributed by atoms with Crippen LogP contribution in [0.3, 0.4) is 0 Å². The molecule has 2 aliphatic rings. The zero-order chi connectivity index (χ0) is 19.0. The molecule has 0 bridgehead atoms. The Kier molecular flexibility index (Phi) is 4.68. The smallest absolute Gasteiger partial charge is 0.257 e. The number of nitrogens with zero attached hydrogens (tertiary/aromatic N) is 3. The lowest BCUT2D eigenvalue weighted by molar-refractivity contribution is 0.0102. The van der Waals surface area contributed by atoms with Gasteiger partial charge in [-0.3, -0.25) is 9.69 Å². The summed E-state index contributed by atoms with van der Waals surface area (Å²) in [5, 5.41) is 0. The molecule has 144 valence electrons. The molecule has 1 spiro atoms. The molecule has 2 aromatic rings. The van der Waals surface area contributed by atoms with Crippen molar-refractivity contribution in [1.29, 1.82) is 0 Å². The van der Waals surface area contributed by atoms with Gasteiger partial charge in [-0.1, -0.05) is 18.6 Å². The number of H-pyrrole nitrogens is 1. The van der Waals surface area contributed by atoms with Crippen LogP contribution in [0.2, 0.25) is 0 Å². The molecule has 6 nitrogen and oxygen atoms in total. The Morgan fingerprint density at radius 1 is 1.30 bits per heavy atom. The van der Waals surface area contributed by atoms with E-state index in [4.69, 9.17) is 4.74 Å². The summed E-state index contributed by atoms with van der Waals surface area (Å²) < 4.78 is 5.42. The topological polar surface area (TPSA) is 61.5 Å². The third-order valence-electron chi connectivity index (χ3n) is 6.24. The first kappa shape index (κ1) is 18.0. The van der Waals surface area contributed by atoms with Crippen molar-refractivity contribution in [1.82, 2.24) is 19.8 Å². The van der Waals surface area contributed by atoms with E-state index in [1.165, 1.54) is 11.4 Å². The maximum Gasteiger partial charge on any atom is 0.257 e. The second-order valence-corrected chi connectivity index (χ2v) is 7.59. The minimum Gasteiger partial charge on any atom is -0.496 e. The van der Waals surface area contributed by atoms with Gasteiger partial charge in [0.15, 0.2) is 0 Å². The first-order valence-corrected chi connectivity index (χ1v) is 9.80. The number of imidazole rings is 1. The van der Waals surface area contributed by atoms with Crippen LogP contribution >= 0.6 is 0 Å². The van der Waals surface area contributed by atoms with Crippen molar-refractivity contribution < 1.29 is 9.53 Å². The number of aryl methyl sites for hydroxylation is 1. The van der Waals surface area contributed by atoms with E-state index < -0.39 is 0 Å². The van der Waals surface area contributed by atoms with Crippen molar-refractivity contribution in [2.75, 3.05) is 33.3 Å². The molecule has 0 saturated carbocycles. The van der Waals surface area contributed by atoms with Gasteiger partial charge >= 0.3 is 0 Å². The SMILES string of the molecule is CCN1CCc2[nH]cnc2C12CCN(C(=O)c1cc(C)ccc1OC)CC2. The highest BCUT2D eigenvalue weighted by Gasteiger charge is 2.46. The molecule has 6 heteroatoms. The highest BCUT2D eigenvalue weighted by molar-refractivity contribution is 5.97. The number of likely N-dealkylation sites (N-methyl/N-ethyl adjacent to an activating group) is 1. The number of carbonyl (C=O) groups excluding carboxylic acids is 1. The van der Waals surface area contributed by atoms with Gasteiger partial charge in [0.2, 0.25) is 0 Å². The maximum atomic E-state index is 13.2. The first-order chi connectivity index (χ1) is 13.1. The van der Waals surface area contributed by atoms with Crippen molar-refractivity contribution in [3.63, 3.8) is 0 Å². The van der Waals surface area contributed by atoms with Crippen LogP contribution in [0.15, 0.2) is 24.5 Å². The summed E-state index contributed by atoms with van der Waals surface area (Å²) in [6.45, 7) is 7.74. The molecule has 0 aliphatic carbocycles. The number of hydrogen-bond donors (Lipinski definition) is 1. The molecule has 2 aliphatic heterocycles. The number of likely N-dealkylation sites (tertiary alicyclic amines) is 1. The van der Waals surface area contributed by atoms with Crippen molar-refractivity contribution in [3.8, 4) is 5.75 Å². The van der Waals surface area contributed by atoms with Crippen LogP contribution in [0.4, 0.5) is 0 Å². The average molecular weight is 368 g/mol. The fraction of sp³-hybridized carbons (Fsp3) is 0.524. The van der Waals surface area contributed by atoms with Gasteiger partial charge in [-0.05, 0) is 38.4 Å². The van der Waals surface area contributed by atoms with E-state index in [0.717, 1.165) is 51.0 Å². The summed E-state index contributed by atoms with van der Waals surface area (Å²) in [5.41, 5.74) is 4.13. The fourth-order valence-corrected chi connectivity index (χ4v) is 4.78. The van der Waals surface area contributed by atoms with E-state index in [0.29, 0.717) is 11.3 Å². The monoisotopic (exact) mass is 368 g/mol. The normalized spacial score (nSPS) is 19.1. The molecule has 1 N–H and O–H groups in total. The number of carbonyl (C=O) groups is 1. The third kappa shape index (κ3) is 2.92. The Hall–Kier alpha value is -2.34. The molecule has 0 radical (unpaired) electrons. The largest absolute Gasteiger partial charge is 0.496 e. The minimum atomic E-state index is -0.0458. The second kappa shape index (κ2) is 7.00. The van der Waals surface area contributed by atoms with Crippen LogP contribution in [0.1, 0.15) is 47.1 Å². The summed E-state index contributed by atoms with van der Waals surface area (Å²) >= 11 is 0. The van der Waals surface area contributed by atoms with Gasteiger partial charge in [-0.25, -0.2) is 4.98 Å². The molecular formula is C21H28N4O2. The van der Waals surface area contributed by atoms with Crippen LogP contribution in [0.5, 0.6) is 5.75 Å². The zero-order valence-corrected chi connectivity index (χ0v) is 16.4. The molecule has 1 amide bonds. The van der Waals surface area contributed by atoms with Crippen molar-refractivity contribution >= 4 is 5.91 Å². The Morgan fingerprint density at radius 2 is 2.07 bits per heavy atom. The average Bonchev–Trinajstić information content (AvgIpc) is 3.18. The molecule has 27 heavy (non-hydrogen) atoms. The number of piperidine rings is 1. The minimum absolute atomic E-state index is 0.0458. The fourth-order valence-electron chi connectivity index (χ4n) is 4.78. The van der Waals surface area contributed by atoms with E-state index in [2.05, 4.69) is 21.8 Å². The number of methoxy groups -OCH3 is 1. The van der Waals surface area contributed by atoms with E-state index in [1.807, 2.05) is 36.4 Å². The van der Waals surface area contributed by atoms with Gasteiger partial charge in [0.1, 0.15) is 5.75 Å². The Bertz CT molecular complexity index is 836. The standard InChI is InChI=1S/C21H28N4O2/c1-4-25-10-7-17-19(23-14-22-17)21(25)8-11-24(12-9-21)20(26)16-13-15(2)5-6-18(16)27-3/h5-6,13-14H,4,7-12H2,1-3H3,(H,22,23). The number of rotatable bonds is 3. The predicted molar refractivity (Wildman–Crippen MR) is 104 cm³/mol. The van der Waals surface area contributed by atoms with Gasteiger partial charge in [-0.2, -0.15) is 0 Å². The number of fused-ring (bicyclic) bond motifs is 2. The lowest BCUT2D eigenvalue weighted by Crippen LogP contribution is -2.57. The van der Waals surface area contributed by atoms with Crippen LogP contribution in [-0.2, 0) is 12.0 Å². The molecule has 1 aromatic heterocycles. The summed E-state index contributed by atoms with van der Waals surface area (Å²) in [6.07, 6.45) is 4.67. The van der Waals surface area contributed by atoms with E-state index >= 15 is 0 Å². The van der Waals surface area contributed by atoms with Gasteiger partial charge in [0.05, 0.1) is 30.2 Å². The van der Waals surface area contributed by atoms with Crippen molar-refractivity contribution in [2.24, 2.45) is 0 Å². The zero-order valence-electron chi connectivity index (χ0n) is 16.4. The molecule has 0 unspecified atom stereocenters. The number of aromatic amines is 1. The van der Waals surface area contributed by atoms with Crippen LogP contribution in [0, 0.1) is 6.92 Å². The predicted octanol–water partition coefficient (Wildman–Crippen LogP) is 2.74. The first-order valence-electron chi connectivity index (χ1n) is 9.80. The number of hydrogen-bond acceptors (Lipinski definition) is 4. The third-order valence-corrected chi connectivity index (χ3v) is 6.24. The van der Waals surface area contributed by atoms with Gasteiger partial charge in [0, 0.05) is 31.7 Å². The second-order valence-electron chi connectivity index (χ2n) is 7.59. The Balaban J connectivity index is 1.57. The summed E-state index contributed by atoms with van der Waals surface area (Å²) in [6, 6.07) is 5.78. The highest BCUT2D eigenvalue weighted by Crippen LogP contribution is 2.42. The van der Waals surface area contributed by atoms with Crippen molar-refractivity contribution in [3.05, 3.63) is 47.0 Å². The van der Waals surface area contributed by atoms with Crippen LogP contribution in [-0.4, -0.2) is 59.0 Å². The lowest BCUT2D eigenvalue weighted by atomic mass is 9.78.